The van der Waals surface area contributed by atoms with Crippen molar-refractivity contribution >= 4 is 34.1 Å². The molecular weight excluding hydrogens is 438 g/mol. The van der Waals surface area contributed by atoms with Crippen molar-refractivity contribution in [3.8, 4) is 17.5 Å². The zero-order valence-corrected chi connectivity index (χ0v) is 19.1. The number of carbonyl (C=O) groups excluding carboxylic acids is 1. The van der Waals surface area contributed by atoms with Crippen LogP contribution in [0.1, 0.15) is 16.0 Å². The molecule has 0 unspecified atom stereocenters. The number of amides is 2. The fraction of sp³-hybridized carbons (Fsp3) is 0.318. The fourth-order valence-electron chi connectivity index (χ4n) is 3.82. The summed E-state index contributed by atoms with van der Waals surface area (Å²) in [4.78, 5) is 28.8. The molecule has 3 aromatic rings. The molecule has 3 heterocycles. The number of carbonyl (C=O) groups is 1. The Morgan fingerprint density at radius 2 is 2.03 bits per heavy atom. The van der Waals surface area contributed by atoms with Crippen molar-refractivity contribution in [3.63, 3.8) is 0 Å². The van der Waals surface area contributed by atoms with E-state index >= 15 is 0 Å². The van der Waals surface area contributed by atoms with E-state index in [1.54, 1.807) is 17.2 Å². The number of benzene rings is 1. The summed E-state index contributed by atoms with van der Waals surface area (Å²) >= 11 is 1.14. The third kappa shape index (κ3) is 5.54. The highest BCUT2D eigenvalue weighted by Crippen LogP contribution is 2.28. The van der Waals surface area contributed by atoms with Crippen LogP contribution in [0.25, 0.3) is 11.4 Å². The van der Waals surface area contributed by atoms with Gasteiger partial charge in [0.15, 0.2) is 5.13 Å². The Bertz CT molecular complexity index is 1190. The van der Waals surface area contributed by atoms with E-state index in [4.69, 9.17) is 11.5 Å². The van der Waals surface area contributed by atoms with Gasteiger partial charge in [-0.2, -0.15) is 5.26 Å². The van der Waals surface area contributed by atoms with Gasteiger partial charge in [0.25, 0.3) is 0 Å². The van der Waals surface area contributed by atoms with E-state index in [1.165, 1.54) is 5.56 Å². The van der Waals surface area contributed by atoms with Crippen LogP contribution >= 0.6 is 11.3 Å². The zero-order valence-electron chi connectivity index (χ0n) is 18.3. The van der Waals surface area contributed by atoms with E-state index < -0.39 is 0 Å². The summed E-state index contributed by atoms with van der Waals surface area (Å²) < 4.78 is 0. The first-order valence-corrected chi connectivity index (χ1v) is 11.4. The summed E-state index contributed by atoms with van der Waals surface area (Å²) in [6.45, 7) is 5.95. The standard InChI is InChI=1S/C22H25N9OS/c1-14-10-15(3-5-30-6-8-31(9-7-30)21(25)32)12-16(11-14)27-22-26-4-2-17(28-22)19-18(13-23)33-20(24)29-19/h2,4,10-12H,3,5-9H2,1H3,(H2,24,29)(H2,25,32)(H,26,27,28). The van der Waals surface area contributed by atoms with Gasteiger partial charge in [0.1, 0.15) is 16.6 Å². The van der Waals surface area contributed by atoms with Crippen molar-refractivity contribution in [2.75, 3.05) is 43.8 Å². The van der Waals surface area contributed by atoms with Crippen LogP contribution in [0.4, 0.5) is 21.6 Å². The molecule has 0 spiro atoms. The molecule has 1 fully saturated rings. The van der Waals surface area contributed by atoms with Crippen molar-refractivity contribution in [2.45, 2.75) is 13.3 Å². The van der Waals surface area contributed by atoms with Crippen LogP contribution in [-0.2, 0) is 6.42 Å². The van der Waals surface area contributed by atoms with Crippen LogP contribution in [0, 0.1) is 18.3 Å². The largest absolute Gasteiger partial charge is 0.375 e. The minimum Gasteiger partial charge on any atom is -0.375 e. The maximum Gasteiger partial charge on any atom is 0.314 e. The number of piperazine rings is 1. The van der Waals surface area contributed by atoms with E-state index in [1.807, 2.05) is 6.07 Å². The Labute approximate surface area is 195 Å². The third-order valence-corrected chi connectivity index (χ3v) is 6.23. The lowest BCUT2D eigenvalue weighted by Gasteiger charge is -2.33. The number of primary amides is 1. The predicted molar refractivity (Wildman–Crippen MR) is 128 cm³/mol. The average Bonchev–Trinajstić information content (AvgIpc) is 3.18. The molecule has 0 aliphatic carbocycles. The van der Waals surface area contributed by atoms with Gasteiger partial charge in [-0.3, -0.25) is 4.90 Å². The molecular formula is C22H25N9OS. The molecule has 0 bridgehead atoms. The van der Waals surface area contributed by atoms with Crippen molar-refractivity contribution in [3.05, 3.63) is 46.5 Å². The molecule has 0 atom stereocenters. The quantitative estimate of drug-likeness (QED) is 0.504. The molecule has 33 heavy (non-hydrogen) atoms. The molecule has 1 saturated heterocycles. The second kappa shape index (κ2) is 9.81. The molecule has 1 aliphatic rings. The number of nitriles is 1. The van der Waals surface area contributed by atoms with Gasteiger partial charge in [-0.1, -0.05) is 17.4 Å². The summed E-state index contributed by atoms with van der Waals surface area (Å²) in [6.07, 6.45) is 2.52. The summed E-state index contributed by atoms with van der Waals surface area (Å²) in [7, 11) is 0. The van der Waals surface area contributed by atoms with Crippen LogP contribution in [0.2, 0.25) is 0 Å². The van der Waals surface area contributed by atoms with Crippen molar-refractivity contribution in [1.29, 1.82) is 5.26 Å². The number of nitrogen functional groups attached to an aromatic ring is 1. The van der Waals surface area contributed by atoms with Crippen molar-refractivity contribution < 1.29 is 4.79 Å². The number of hydrogen-bond acceptors (Lipinski definition) is 9. The van der Waals surface area contributed by atoms with Gasteiger partial charge in [-0.25, -0.2) is 19.7 Å². The minimum absolute atomic E-state index is 0.328. The normalized spacial score (nSPS) is 14.1. The number of urea groups is 1. The Morgan fingerprint density at radius 1 is 1.24 bits per heavy atom. The van der Waals surface area contributed by atoms with Gasteiger partial charge >= 0.3 is 6.03 Å². The number of aromatic nitrogens is 3. The van der Waals surface area contributed by atoms with Crippen LogP contribution < -0.4 is 16.8 Å². The van der Waals surface area contributed by atoms with Gasteiger partial charge < -0.3 is 21.7 Å². The number of hydrogen-bond donors (Lipinski definition) is 3. The Morgan fingerprint density at radius 3 is 2.76 bits per heavy atom. The highest BCUT2D eigenvalue weighted by atomic mass is 32.1. The van der Waals surface area contributed by atoms with Gasteiger partial charge in [0.05, 0.1) is 5.69 Å². The molecule has 2 aromatic heterocycles. The van der Waals surface area contributed by atoms with Crippen LogP contribution in [0.5, 0.6) is 0 Å². The SMILES string of the molecule is Cc1cc(CCN2CCN(C(N)=O)CC2)cc(Nc2nccc(-c3nc(N)sc3C#N)n2)c1. The molecule has 1 aromatic carbocycles. The predicted octanol–water partition coefficient (Wildman–Crippen LogP) is 2.34. The lowest BCUT2D eigenvalue weighted by molar-refractivity contribution is 0.146. The maximum absolute atomic E-state index is 11.3. The van der Waals surface area contributed by atoms with Crippen LogP contribution in [0.15, 0.2) is 30.5 Å². The maximum atomic E-state index is 11.3. The van der Waals surface area contributed by atoms with E-state index in [-0.39, 0.29) is 6.03 Å². The number of anilines is 3. The first kappa shape index (κ1) is 22.4. The van der Waals surface area contributed by atoms with Gasteiger partial charge in [0, 0.05) is 44.6 Å². The molecule has 0 radical (unpaired) electrons. The van der Waals surface area contributed by atoms with E-state index in [0.29, 0.717) is 40.4 Å². The first-order valence-electron chi connectivity index (χ1n) is 10.6. The number of nitrogens with two attached hydrogens (primary N) is 2. The number of thiazole rings is 1. The molecule has 10 nitrogen and oxygen atoms in total. The Hall–Kier alpha value is -3.75. The summed E-state index contributed by atoms with van der Waals surface area (Å²) in [5, 5.41) is 12.9. The zero-order chi connectivity index (χ0) is 23.4. The number of rotatable bonds is 6. The molecule has 170 valence electrons. The van der Waals surface area contributed by atoms with E-state index in [2.05, 4.69) is 50.3 Å². The topological polar surface area (TPSA) is 150 Å². The smallest absolute Gasteiger partial charge is 0.314 e. The molecule has 1 aliphatic heterocycles. The average molecular weight is 464 g/mol. The van der Waals surface area contributed by atoms with Crippen molar-refractivity contribution in [2.24, 2.45) is 5.73 Å². The fourth-order valence-corrected chi connectivity index (χ4v) is 4.46. The summed E-state index contributed by atoms with van der Waals surface area (Å²) in [5.74, 6) is 0.419. The highest BCUT2D eigenvalue weighted by molar-refractivity contribution is 7.16. The molecule has 2 amide bonds. The molecule has 5 N–H and O–H groups in total. The summed E-state index contributed by atoms with van der Waals surface area (Å²) in [5.41, 5.74) is 15.3. The Balaban J connectivity index is 1.43. The summed E-state index contributed by atoms with van der Waals surface area (Å²) in [6, 6.07) is 9.76. The molecule has 4 rings (SSSR count). The second-order valence-electron chi connectivity index (χ2n) is 7.86. The lowest BCUT2D eigenvalue weighted by Crippen LogP contribution is -2.50. The first-order chi connectivity index (χ1) is 15.9. The number of nitrogens with zero attached hydrogens (tertiary/aromatic N) is 6. The number of nitrogens with one attached hydrogen (secondary N) is 1. The third-order valence-electron chi connectivity index (χ3n) is 5.44. The molecule has 0 saturated carbocycles. The monoisotopic (exact) mass is 463 g/mol. The second-order valence-corrected chi connectivity index (χ2v) is 8.89. The lowest BCUT2D eigenvalue weighted by atomic mass is 10.1. The molecule has 11 heteroatoms. The van der Waals surface area contributed by atoms with E-state index in [9.17, 15) is 10.1 Å². The van der Waals surface area contributed by atoms with Crippen LogP contribution in [0.3, 0.4) is 0 Å². The van der Waals surface area contributed by atoms with Gasteiger partial charge in [-0.05, 0) is 42.7 Å². The van der Waals surface area contributed by atoms with Crippen molar-refractivity contribution in [1.82, 2.24) is 24.8 Å². The highest BCUT2D eigenvalue weighted by Gasteiger charge is 2.19. The van der Waals surface area contributed by atoms with Gasteiger partial charge in [0.2, 0.25) is 5.95 Å². The van der Waals surface area contributed by atoms with E-state index in [0.717, 1.165) is 48.6 Å². The van der Waals surface area contributed by atoms with Gasteiger partial charge in [-0.15, -0.1) is 0 Å². The minimum atomic E-state index is -0.350. The number of aryl methyl sites for hydroxylation is 1. The Kier molecular flexibility index (Phi) is 6.67. The van der Waals surface area contributed by atoms with Crippen LogP contribution in [-0.4, -0.2) is 63.5 Å².